The third kappa shape index (κ3) is 2.96. The highest BCUT2D eigenvalue weighted by Gasteiger charge is 2.27. The molecule has 0 aliphatic heterocycles. The number of hydrogen-bond donors (Lipinski definition) is 1. The molecule has 0 spiro atoms. The summed E-state index contributed by atoms with van der Waals surface area (Å²) in [5, 5.41) is 7.64. The van der Waals surface area contributed by atoms with Gasteiger partial charge in [-0.2, -0.15) is 5.10 Å². The van der Waals surface area contributed by atoms with Gasteiger partial charge in [-0.1, -0.05) is 0 Å². The Labute approximate surface area is 154 Å². The highest BCUT2D eigenvalue weighted by atomic mass is 32.1. The van der Waals surface area contributed by atoms with Crippen LogP contribution in [0.1, 0.15) is 51.1 Å². The van der Waals surface area contributed by atoms with Crippen molar-refractivity contribution in [3.8, 4) is 0 Å². The SMILES string of the molecule is CCOC(=O)c1c(NC(=O)c2cc3ncccn3n2)sc2c1CCCC2. The van der Waals surface area contributed by atoms with Crippen LogP contribution in [-0.4, -0.2) is 33.1 Å². The maximum absolute atomic E-state index is 12.7. The van der Waals surface area contributed by atoms with Crippen molar-refractivity contribution >= 4 is 33.9 Å². The first-order valence-electron chi connectivity index (χ1n) is 8.60. The number of aryl methyl sites for hydroxylation is 1. The molecule has 1 aliphatic rings. The Hall–Kier alpha value is -2.74. The Morgan fingerprint density at radius 2 is 2.19 bits per heavy atom. The number of carbonyl (C=O) groups excluding carboxylic acids is 2. The lowest BCUT2D eigenvalue weighted by molar-refractivity contribution is 0.0526. The highest BCUT2D eigenvalue weighted by Crippen LogP contribution is 2.38. The summed E-state index contributed by atoms with van der Waals surface area (Å²) < 4.78 is 6.76. The number of thiophene rings is 1. The van der Waals surface area contributed by atoms with Crippen LogP contribution in [0.15, 0.2) is 24.5 Å². The van der Waals surface area contributed by atoms with Gasteiger partial charge in [-0.15, -0.1) is 11.3 Å². The van der Waals surface area contributed by atoms with Crippen molar-refractivity contribution in [1.82, 2.24) is 14.6 Å². The quantitative estimate of drug-likeness (QED) is 0.713. The molecule has 1 amide bonds. The third-order valence-corrected chi connectivity index (χ3v) is 5.55. The molecule has 0 radical (unpaired) electrons. The molecule has 0 atom stereocenters. The van der Waals surface area contributed by atoms with Gasteiger partial charge in [0.25, 0.3) is 5.91 Å². The molecule has 0 fully saturated rings. The van der Waals surface area contributed by atoms with Gasteiger partial charge in [0.05, 0.1) is 12.2 Å². The normalized spacial score (nSPS) is 13.4. The lowest BCUT2D eigenvalue weighted by Crippen LogP contribution is -2.16. The van der Waals surface area contributed by atoms with E-state index >= 15 is 0 Å². The second-order valence-corrected chi connectivity index (χ2v) is 7.15. The van der Waals surface area contributed by atoms with Gasteiger partial charge in [0.2, 0.25) is 0 Å². The van der Waals surface area contributed by atoms with E-state index in [0.29, 0.717) is 22.8 Å². The van der Waals surface area contributed by atoms with E-state index in [1.165, 1.54) is 11.3 Å². The number of ether oxygens (including phenoxy) is 1. The Bertz CT molecular complexity index is 959. The zero-order chi connectivity index (χ0) is 18.1. The van der Waals surface area contributed by atoms with Crippen molar-refractivity contribution in [1.29, 1.82) is 0 Å². The molecule has 1 N–H and O–H groups in total. The van der Waals surface area contributed by atoms with Gasteiger partial charge in [-0.05, 0) is 44.2 Å². The Morgan fingerprint density at radius 3 is 3.00 bits per heavy atom. The summed E-state index contributed by atoms with van der Waals surface area (Å²) in [6.45, 7) is 2.08. The van der Waals surface area contributed by atoms with E-state index in [-0.39, 0.29) is 17.6 Å². The third-order valence-electron chi connectivity index (χ3n) is 4.35. The zero-order valence-electron chi connectivity index (χ0n) is 14.3. The molecule has 3 heterocycles. The van der Waals surface area contributed by atoms with Gasteiger partial charge < -0.3 is 10.1 Å². The highest BCUT2D eigenvalue weighted by molar-refractivity contribution is 7.17. The van der Waals surface area contributed by atoms with Crippen molar-refractivity contribution in [2.75, 3.05) is 11.9 Å². The number of esters is 1. The van der Waals surface area contributed by atoms with Gasteiger partial charge in [0, 0.05) is 23.3 Å². The van der Waals surface area contributed by atoms with Crippen LogP contribution in [0.5, 0.6) is 0 Å². The van der Waals surface area contributed by atoms with Crippen LogP contribution in [-0.2, 0) is 17.6 Å². The monoisotopic (exact) mass is 370 g/mol. The molecule has 134 valence electrons. The summed E-state index contributed by atoms with van der Waals surface area (Å²) in [5.74, 6) is -0.737. The number of nitrogens with zero attached hydrogens (tertiary/aromatic N) is 3. The average molecular weight is 370 g/mol. The first-order valence-corrected chi connectivity index (χ1v) is 9.42. The standard InChI is InChI=1S/C18H18N4O3S/c1-2-25-18(24)15-11-6-3-4-7-13(11)26-17(15)20-16(23)12-10-14-19-8-5-9-22(14)21-12/h5,8-10H,2-4,6-7H2,1H3,(H,20,23). The Kier molecular flexibility index (Phi) is 4.42. The summed E-state index contributed by atoms with van der Waals surface area (Å²) in [7, 11) is 0. The van der Waals surface area contributed by atoms with Crippen molar-refractivity contribution in [2.24, 2.45) is 0 Å². The van der Waals surface area contributed by atoms with E-state index in [4.69, 9.17) is 4.74 Å². The summed E-state index contributed by atoms with van der Waals surface area (Å²) in [6.07, 6.45) is 7.29. The molecule has 0 unspecified atom stereocenters. The van der Waals surface area contributed by atoms with Crippen LogP contribution in [0, 0.1) is 0 Å². The average Bonchev–Trinajstić information content (AvgIpc) is 3.22. The van der Waals surface area contributed by atoms with Gasteiger partial charge in [0.1, 0.15) is 5.00 Å². The summed E-state index contributed by atoms with van der Waals surface area (Å²) >= 11 is 1.46. The summed E-state index contributed by atoms with van der Waals surface area (Å²) in [5.41, 5.74) is 2.37. The van der Waals surface area contributed by atoms with Gasteiger partial charge >= 0.3 is 5.97 Å². The second-order valence-electron chi connectivity index (χ2n) is 6.04. The minimum atomic E-state index is -0.376. The smallest absolute Gasteiger partial charge is 0.341 e. The minimum Gasteiger partial charge on any atom is -0.462 e. The molecular formula is C18H18N4O3S. The van der Waals surface area contributed by atoms with Gasteiger partial charge in [0.15, 0.2) is 11.3 Å². The van der Waals surface area contributed by atoms with E-state index in [0.717, 1.165) is 36.1 Å². The lowest BCUT2D eigenvalue weighted by Gasteiger charge is -2.12. The molecule has 0 aromatic carbocycles. The summed E-state index contributed by atoms with van der Waals surface area (Å²) in [4.78, 5) is 30.5. The number of aromatic nitrogens is 3. The molecule has 0 saturated heterocycles. The first kappa shape index (κ1) is 16.7. The van der Waals surface area contributed by atoms with Crippen LogP contribution >= 0.6 is 11.3 Å². The van der Waals surface area contributed by atoms with E-state index in [2.05, 4.69) is 15.4 Å². The number of hydrogen-bond acceptors (Lipinski definition) is 6. The number of anilines is 1. The fourth-order valence-electron chi connectivity index (χ4n) is 3.18. The largest absolute Gasteiger partial charge is 0.462 e. The maximum Gasteiger partial charge on any atom is 0.341 e. The van der Waals surface area contributed by atoms with Crippen LogP contribution in [0.4, 0.5) is 5.00 Å². The molecule has 26 heavy (non-hydrogen) atoms. The number of amides is 1. The number of rotatable bonds is 4. The number of nitrogens with one attached hydrogen (secondary N) is 1. The Morgan fingerprint density at radius 1 is 1.35 bits per heavy atom. The maximum atomic E-state index is 12.7. The summed E-state index contributed by atoms with van der Waals surface area (Å²) in [6, 6.07) is 3.36. The predicted octanol–water partition coefficient (Wildman–Crippen LogP) is 3.10. The van der Waals surface area contributed by atoms with Gasteiger partial charge in [-0.3, -0.25) is 4.79 Å². The minimum absolute atomic E-state index is 0.255. The van der Waals surface area contributed by atoms with Crippen molar-refractivity contribution in [2.45, 2.75) is 32.6 Å². The molecule has 3 aromatic rings. The molecule has 4 rings (SSSR count). The van der Waals surface area contributed by atoms with Crippen LogP contribution in [0.25, 0.3) is 5.65 Å². The molecule has 7 nitrogen and oxygen atoms in total. The second kappa shape index (κ2) is 6.87. The Balaban J connectivity index is 1.67. The molecule has 8 heteroatoms. The number of carbonyl (C=O) groups is 2. The van der Waals surface area contributed by atoms with Crippen molar-refractivity contribution in [3.63, 3.8) is 0 Å². The molecule has 0 bridgehead atoms. The predicted molar refractivity (Wildman–Crippen MR) is 97.9 cm³/mol. The molecular weight excluding hydrogens is 352 g/mol. The van der Waals surface area contributed by atoms with Gasteiger partial charge in [-0.25, -0.2) is 14.3 Å². The first-order chi connectivity index (χ1) is 12.7. The fourth-order valence-corrected chi connectivity index (χ4v) is 4.45. The zero-order valence-corrected chi connectivity index (χ0v) is 15.1. The molecule has 3 aromatic heterocycles. The number of fused-ring (bicyclic) bond motifs is 2. The molecule has 1 aliphatic carbocycles. The topological polar surface area (TPSA) is 85.6 Å². The van der Waals surface area contributed by atoms with E-state index in [1.807, 2.05) is 0 Å². The van der Waals surface area contributed by atoms with Crippen LogP contribution in [0.2, 0.25) is 0 Å². The van der Waals surface area contributed by atoms with E-state index in [1.54, 1.807) is 36.0 Å². The van der Waals surface area contributed by atoms with Crippen molar-refractivity contribution < 1.29 is 14.3 Å². The van der Waals surface area contributed by atoms with E-state index < -0.39 is 0 Å². The van der Waals surface area contributed by atoms with Crippen molar-refractivity contribution in [3.05, 3.63) is 46.2 Å². The van der Waals surface area contributed by atoms with E-state index in [9.17, 15) is 9.59 Å². The molecule has 0 saturated carbocycles. The van der Waals surface area contributed by atoms with Crippen LogP contribution in [0.3, 0.4) is 0 Å². The van der Waals surface area contributed by atoms with Crippen LogP contribution < -0.4 is 5.32 Å². The fraction of sp³-hybridized carbons (Fsp3) is 0.333. The lowest BCUT2D eigenvalue weighted by atomic mass is 9.95.